The van der Waals surface area contributed by atoms with Crippen LogP contribution in [-0.2, 0) is 19.1 Å². The van der Waals surface area contributed by atoms with Gasteiger partial charge in [-0.25, -0.2) is 4.79 Å². The summed E-state index contributed by atoms with van der Waals surface area (Å²) in [5, 5.41) is 0. The second kappa shape index (κ2) is 5.64. The fraction of sp³-hybridized carbons (Fsp3) is 0.375. The molecule has 0 saturated heterocycles. The van der Waals surface area contributed by atoms with E-state index in [9.17, 15) is 9.59 Å². The summed E-state index contributed by atoms with van der Waals surface area (Å²) >= 11 is 3.38. The molecule has 2 rings (SSSR count). The van der Waals surface area contributed by atoms with E-state index < -0.39 is 23.5 Å². The minimum Gasteiger partial charge on any atom is -0.453 e. The molecule has 0 unspecified atom stereocenters. The van der Waals surface area contributed by atoms with E-state index in [1.54, 1.807) is 6.92 Å². The maximum Gasteiger partial charge on any atom is 0.337 e. The molecule has 1 aliphatic heterocycles. The highest BCUT2D eigenvalue weighted by Gasteiger charge is 2.45. The summed E-state index contributed by atoms with van der Waals surface area (Å²) < 4.78 is 11.8. The standard InChI is InChI=1S/C16H17BrO4/c1-9-13(20-10(2)18)16(3,4)14(21-15(9)19)11-5-7-12(17)8-6-11/h5-8,14H,1-4H3/t14-/m1/s1. The number of hydrogen-bond donors (Lipinski definition) is 0. The molecule has 1 aromatic carbocycles. The van der Waals surface area contributed by atoms with Crippen LogP contribution in [0.5, 0.6) is 0 Å². The van der Waals surface area contributed by atoms with Gasteiger partial charge in [0.1, 0.15) is 11.9 Å². The van der Waals surface area contributed by atoms with Gasteiger partial charge in [0.05, 0.1) is 11.0 Å². The number of esters is 2. The van der Waals surface area contributed by atoms with Crippen LogP contribution in [0, 0.1) is 5.41 Å². The molecule has 0 spiro atoms. The van der Waals surface area contributed by atoms with Gasteiger partial charge >= 0.3 is 11.9 Å². The summed E-state index contributed by atoms with van der Waals surface area (Å²) in [6.07, 6.45) is -0.504. The topological polar surface area (TPSA) is 52.6 Å². The molecule has 0 amide bonds. The molecular formula is C16H17BrO4. The van der Waals surface area contributed by atoms with E-state index in [1.165, 1.54) is 6.92 Å². The quantitative estimate of drug-likeness (QED) is 0.757. The van der Waals surface area contributed by atoms with Crippen molar-refractivity contribution in [2.75, 3.05) is 0 Å². The third-order valence-corrected chi connectivity index (χ3v) is 4.06. The van der Waals surface area contributed by atoms with Gasteiger partial charge in [-0.3, -0.25) is 4.79 Å². The fourth-order valence-corrected chi connectivity index (χ4v) is 2.78. The third kappa shape index (κ3) is 3.02. The zero-order valence-electron chi connectivity index (χ0n) is 12.4. The van der Waals surface area contributed by atoms with Gasteiger partial charge in [0.25, 0.3) is 0 Å². The Balaban J connectivity index is 2.48. The normalized spacial score (nSPS) is 21.0. The van der Waals surface area contributed by atoms with Gasteiger partial charge in [0, 0.05) is 11.4 Å². The number of benzene rings is 1. The number of carbonyl (C=O) groups excluding carboxylic acids is 2. The van der Waals surface area contributed by atoms with Crippen LogP contribution in [0.2, 0.25) is 0 Å². The van der Waals surface area contributed by atoms with Gasteiger partial charge < -0.3 is 9.47 Å². The van der Waals surface area contributed by atoms with Crippen LogP contribution in [0.1, 0.15) is 39.4 Å². The molecule has 0 saturated carbocycles. The van der Waals surface area contributed by atoms with Gasteiger partial charge in [-0.15, -0.1) is 0 Å². The first-order valence-corrected chi connectivity index (χ1v) is 7.39. The Bertz CT molecular complexity index is 614. The highest BCUT2D eigenvalue weighted by atomic mass is 79.9. The van der Waals surface area contributed by atoms with Crippen molar-refractivity contribution in [3.8, 4) is 0 Å². The van der Waals surface area contributed by atoms with Crippen LogP contribution in [-0.4, -0.2) is 11.9 Å². The average molecular weight is 353 g/mol. The van der Waals surface area contributed by atoms with Crippen molar-refractivity contribution in [3.05, 3.63) is 45.6 Å². The molecule has 0 aliphatic carbocycles. The minimum atomic E-state index is -0.627. The molecule has 1 atom stereocenters. The van der Waals surface area contributed by atoms with Crippen LogP contribution in [0.4, 0.5) is 0 Å². The predicted molar refractivity (Wildman–Crippen MR) is 81.2 cm³/mol. The van der Waals surface area contributed by atoms with Gasteiger partial charge in [0.2, 0.25) is 0 Å². The second-order valence-electron chi connectivity index (χ2n) is 5.61. The maximum atomic E-state index is 12.0. The molecule has 1 heterocycles. The summed E-state index contributed by atoms with van der Waals surface area (Å²) in [6, 6.07) is 7.54. The van der Waals surface area contributed by atoms with E-state index in [0.717, 1.165) is 10.0 Å². The van der Waals surface area contributed by atoms with E-state index in [1.807, 2.05) is 38.1 Å². The molecule has 0 bridgehead atoms. The molecule has 1 aromatic rings. The van der Waals surface area contributed by atoms with Crippen molar-refractivity contribution in [3.63, 3.8) is 0 Å². The second-order valence-corrected chi connectivity index (χ2v) is 6.52. The first-order chi connectivity index (χ1) is 9.73. The highest BCUT2D eigenvalue weighted by molar-refractivity contribution is 9.10. The van der Waals surface area contributed by atoms with E-state index in [2.05, 4.69) is 15.9 Å². The molecule has 4 nitrogen and oxygen atoms in total. The summed E-state index contributed by atoms with van der Waals surface area (Å²) in [5.41, 5.74) is 0.564. The molecule has 0 aromatic heterocycles. The molecule has 5 heteroatoms. The molecule has 1 aliphatic rings. The van der Waals surface area contributed by atoms with Gasteiger partial charge in [-0.1, -0.05) is 28.1 Å². The summed E-state index contributed by atoms with van der Waals surface area (Å²) in [5.74, 6) is -0.528. The molecular weight excluding hydrogens is 336 g/mol. The van der Waals surface area contributed by atoms with Crippen molar-refractivity contribution in [1.29, 1.82) is 0 Å². The molecule has 0 radical (unpaired) electrons. The average Bonchev–Trinajstić information content (AvgIpc) is 2.40. The molecule has 21 heavy (non-hydrogen) atoms. The lowest BCUT2D eigenvalue weighted by Crippen LogP contribution is -2.36. The summed E-state index contributed by atoms with van der Waals surface area (Å²) in [6.45, 7) is 6.73. The van der Waals surface area contributed by atoms with Crippen molar-refractivity contribution < 1.29 is 19.1 Å². The molecule has 0 fully saturated rings. The Morgan fingerprint density at radius 2 is 1.86 bits per heavy atom. The lowest BCUT2D eigenvalue weighted by molar-refractivity contribution is -0.158. The monoisotopic (exact) mass is 352 g/mol. The minimum absolute atomic E-state index is 0.337. The lowest BCUT2D eigenvalue weighted by Gasteiger charge is -2.39. The van der Waals surface area contributed by atoms with Crippen molar-refractivity contribution >= 4 is 27.9 Å². The first-order valence-electron chi connectivity index (χ1n) is 6.59. The number of carbonyl (C=O) groups is 2. The Hall–Kier alpha value is -1.62. The number of cyclic esters (lactones) is 1. The predicted octanol–water partition coefficient (Wildman–Crippen LogP) is 3.91. The molecule has 0 N–H and O–H groups in total. The van der Waals surface area contributed by atoms with Crippen LogP contribution >= 0.6 is 15.9 Å². The van der Waals surface area contributed by atoms with Crippen molar-refractivity contribution in [1.82, 2.24) is 0 Å². The number of hydrogen-bond acceptors (Lipinski definition) is 4. The van der Waals surface area contributed by atoms with Gasteiger partial charge in [-0.05, 0) is 38.5 Å². The Kier molecular flexibility index (Phi) is 4.23. The number of rotatable bonds is 2. The van der Waals surface area contributed by atoms with E-state index in [0.29, 0.717) is 11.3 Å². The van der Waals surface area contributed by atoms with Crippen molar-refractivity contribution in [2.24, 2.45) is 5.41 Å². The zero-order chi connectivity index (χ0) is 15.8. The highest BCUT2D eigenvalue weighted by Crippen LogP contribution is 2.47. The van der Waals surface area contributed by atoms with Crippen LogP contribution in [0.25, 0.3) is 0 Å². The summed E-state index contributed by atoms with van der Waals surface area (Å²) in [7, 11) is 0. The number of ether oxygens (including phenoxy) is 2. The molecule has 112 valence electrons. The van der Waals surface area contributed by atoms with Crippen LogP contribution in [0.3, 0.4) is 0 Å². The first kappa shape index (κ1) is 15.8. The summed E-state index contributed by atoms with van der Waals surface area (Å²) in [4.78, 5) is 23.4. The maximum absolute atomic E-state index is 12.0. The third-order valence-electron chi connectivity index (χ3n) is 3.53. The largest absolute Gasteiger partial charge is 0.453 e. The van der Waals surface area contributed by atoms with Gasteiger partial charge in [-0.2, -0.15) is 0 Å². The Morgan fingerprint density at radius 3 is 2.38 bits per heavy atom. The fourth-order valence-electron chi connectivity index (χ4n) is 2.51. The van der Waals surface area contributed by atoms with Crippen LogP contribution in [0.15, 0.2) is 40.1 Å². The van der Waals surface area contributed by atoms with E-state index in [-0.39, 0.29) is 0 Å². The lowest BCUT2D eigenvalue weighted by atomic mass is 9.77. The van der Waals surface area contributed by atoms with Crippen molar-refractivity contribution in [2.45, 2.75) is 33.8 Å². The smallest absolute Gasteiger partial charge is 0.337 e. The number of halogens is 1. The Morgan fingerprint density at radius 1 is 1.29 bits per heavy atom. The SMILES string of the molecule is CC(=O)OC1=C(C)C(=O)O[C@H](c2ccc(Br)cc2)C1(C)C. The van der Waals surface area contributed by atoms with Gasteiger partial charge in [0.15, 0.2) is 0 Å². The zero-order valence-corrected chi connectivity index (χ0v) is 14.0. The Labute approximate surface area is 132 Å². The van der Waals surface area contributed by atoms with E-state index >= 15 is 0 Å². The van der Waals surface area contributed by atoms with E-state index in [4.69, 9.17) is 9.47 Å². The van der Waals surface area contributed by atoms with Crippen LogP contribution < -0.4 is 0 Å².